The molecule has 1 aromatic heterocycles. The van der Waals surface area contributed by atoms with Crippen LogP contribution in [-0.2, 0) is 6.61 Å². The van der Waals surface area contributed by atoms with Gasteiger partial charge in [0.15, 0.2) is 0 Å². The second kappa shape index (κ2) is 5.83. The minimum atomic E-state index is -0.267. The number of amides is 1. The molecule has 0 bridgehead atoms. The Balaban J connectivity index is 1.77. The van der Waals surface area contributed by atoms with Gasteiger partial charge in [-0.2, -0.15) is 0 Å². The molecule has 0 unspecified atom stereocenters. The van der Waals surface area contributed by atoms with Crippen molar-refractivity contribution >= 4 is 17.2 Å². The summed E-state index contributed by atoms with van der Waals surface area (Å²) in [6, 6.07) is 7.84. The van der Waals surface area contributed by atoms with E-state index in [1.54, 1.807) is 0 Å². The number of carbonyl (C=O) groups is 1. The zero-order valence-electron chi connectivity index (χ0n) is 11.8. The molecule has 5 nitrogen and oxygen atoms in total. The highest BCUT2D eigenvalue weighted by Gasteiger charge is 2.31. The van der Waals surface area contributed by atoms with E-state index in [0.717, 1.165) is 34.9 Å². The number of benzene rings is 1. The molecule has 3 N–H and O–H groups in total. The summed E-state index contributed by atoms with van der Waals surface area (Å²) in [5.74, 6) is 6.21. The first-order chi connectivity index (χ1) is 10.2. The number of hydrazine groups is 1. The third-order valence-electron chi connectivity index (χ3n) is 3.44. The van der Waals surface area contributed by atoms with Crippen LogP contribution in [-0.4, -0.2) is 10.9 Å². The molecule has 0 atom stereocenters. The van der Waals surface area contributed by atoms with Gasteiger partial charge in [-0.1, -0.05) is 18.2 Å². The number of nitrogens with one attached hydrogen (secondary N) is 1. The van der Waals surface area contributed by atoms with Gasteiger partial charge in [-0.05, 0) is 31.4 Å². The molecule has 1 aromatic carbocycles. The summed E-state index contributed by atoms with van der Waals surface area (Å²) in [4.78, 5) is 17.0. The SMILES string of the molecule is Cc1ccccc1OCc1nc(C2CC2)c(C(=O)NN)s1. The molecule has 3 rings (SSSR count). The Morgan fingerprint density at radius 3 is 2.90 bits per heavy atom. The van der Waals surface area contributed by atoms with Crippen LogP contribution in [0.3, 0.4) is 0 Å². The quantitative estimate of drug-likeness (QED) is 0.505. The summed E-state index contributed by atoms with van der Waals surface area (Å²) < 4.78 is 5.79. The van der Waals surface area contributed by atoms with Gasteiger partial charge in [0.1, 0.15) is 22.2 Å². The van der Waals surface area contributed by atoms with Crippen molar-refractivity contribution in [3.63, 3.8) is 0 Å². The third kappa shape index (κ3) is 3.06. The van der Waals surface area contributed by atoms with E-state index in [-0.39, 0.29) is 5.91 Å². The molecule has 0 radical (unpaired) electrons. The first-order valence-corrected chi connectivity index (χ1v) is 7.69. The molecule has 6 heteroatoms. The first-order valence-electron chi connectivity index (χ1n) is 6.88. The van der Waals surface area contributed by atoms with E-state index in [0.29, 0.717) is 17.4 Å². The number of para-hydroxylation sites is 1. The van der Waals surface area contributed by atoms with Gasteiger partial charge >= 0.3 is 0 Å². The molecule has 1 aliphatic carbocycles. The van der Waals surface area contributed by atoms with Gasteiger partial charge in [0.2, 0.25) is 0 Å². The van der Waals surface area contributed by atoms with Gasteiger partial charge in [0.05, 0.1) is 5.69 Å². The molecule has 1 heterocycles. The Bertz CT molecular complexity index is 665. The van der Waals surface area contributed by atoms with Crippen LogP contribution >= 0.6 is 11.3 Å². The zero-order chi connectivity index (χ0) is 14.8. The van der Waals surface area contributed by atoms with E-state index in [4.69, 9.17) is 10.6 Å². The second-order valence-corrected chi connectivity index (χ2v) is 6.21. The minimum absolute atomic E-state index is 0.267. The smallest absolute Gasteiger partial charge is 0.277 e. The molecule has 0 aliphatic heterocycles. The van der Waals surface area contributed by atoms with Crippen LogP contribution in [0.25, 0.3) is 0 Å². The zero-order valence-corrected chi connectivity index (χ0v) is 12.6. The molecule has 21 heavy (non-hydrogen) atoms. The maximum Gasteiger partial charge on any atom is 0.277 e. The van der Waals surface area contributed by atoms with E-state index in [2.05, 4.69) is 10.4 Å². The summed E-state index contributed by atoms with van der Waals surface area (Å²) in [5, 5.41) is 0.804. The predicted octanol–water partition coefficient (Wildman–Crippen LogP) is 2.51. The van der Waals surface area contributed by atoms with Crippen LogP contribution in [0.15, 0.2) is 24.3 Å². The van der Waals surface area contributed by atoms with Crippen molar-refractivity contribution in [2.45, 2.75) is 32.3 Å². The van der Waals surface area contributed by atoms with Gasteiger partial charge in [-0.25, -0.2) is 10.8 Å². The molecule has 110 valence electrons. The number of carbonyl (C=O) groups excluding carboxylic acids is 1. The number of aryl methyl sites for hydroxylation is 1. The van der Waals surface area contributed by atoms with Crippen LogP contribution in [0.4, 0.5) is 0 Å². The van der Waals surface area contributed by atoms with E-state index in [9.17, 15) is 4.79 Å². The number of hydrogen-bond acceptors (Lipinski definition) is 5. The lowest BCUT2D eigenvalue weighted by atomic mass is 10.2. The summed E-state index contributed by atoms with van der Waals surface area (Å²) >= 11 is 1.36. The third-order valence-corrected chi connectivity index (χ3v) is 4.49. The average molecular weight is 303 g/mol. The Hall–Kier alpha value is -1.92. The molecular formula is C15H17N3O2S. The number of hydrogen-bond donors (Lipinski definition) is 2. The first kappa shape index (κ1) is 14.0. The highest BCUT2D eigenvalue weighted by molar-refractivity contribution is 7.13. The number of aromatic nitrogens is 1. The summed E-state index contributed by atoms with van der Waals surface area (Å²) in [6.07, 6.45) is 2.18. The number of thiazole rings is 1. The normalized spacial score (nSPS) is 14.0. The highest BCUT2D eigenvalue weighted by Crippen LogP contribution is 2.42. The van der Waals surface area contributed by atoms with Crippen molar-refractivity contribution in [1.82, 2.24) is 10.4 Å². The predicted molar refractivity (Wildman–Crippen MR) is 81.3 cm³/mol. The molecule has 1 fully saturated rings. The van der Waals surface area contributed by atoms with Crippen LogP contribution in [0.1, 0.15) is 44.7 Å². The van der Waals surface area contributed by atoms with Gasteiger partial charge < -0.3 is 4.74 Å². The van der Waals surface area contributed by atoms with Crippen molar-refractivity contribution in [3.8, 4) is 5.75 Å². The average Bonchev–Trinajstić information content (AvgIpc) is 3.26. The molecule has 1 saturated carbocycles. The second-order valence-electron chi connectivity index (χ2n) is 5.12. The van der Waals surface area contributed by atoms with Crippen LogP contribution in [0, 0.1) is 6.92 Å². The van der Waals surface area contributed by atoms with Gasteiger partial charge in [-0.3, -0.25) is 10.2 Å². The van der Waals surface area contributed by atoms with E-state index in [1.165, 1.54) is 11.3 Å². The Labute approximate surface area is 127 Å². The van der Waals surface area contributed by atoms with E-state index in [1.807, 2.05) is 31.2 Å². The van der Waals surface area contributed by atoms with Gasteiger partial charge in [0.25, 0.3) is 5.91 Å². The molecule has 1 aliphatic rings. The van der Waals surface area contributed by atoms with Crippen molar-refractivity contribution in [2.24, 2.45) is 5.84 Å². The number of nitrogens with two attached hydrogens (primary N) is 1. The van der Waals surface area contributed by atoms with Crippen LogP contribution in [0.2, 0.25) is 0 Å². The fraction of sp³-hybridized carbons (Fsp3) is 0.333. The fourth-order valence-electron chi connectivity index (χ4n) is 2.16. The monoisotopic (exact) mass is 303 g/mol. The lowest BCUT2D eigenvalue weighted by Crippen LogP contribution is -2.30. The minimum Gasteiger partial charge on any atom is -0.486 e. The largest absolute Gasteiger partial charge is 0.486 e. The Kier molecular flexibility index (Phi) is 3.90. The number of nitrogens with zero attached hydrogens (tertiary/aromatic N) is 1. The fourth-order valence-corrected chi connectivity index (χ4v) is 3.13. The summed E-state index contributed by atoms with van der Waals surface area (Å²) in [6.45, 7) is 2.37. The molecular weight excluding hydrogens is 286 g/mol. The van der Waals surface area contributed by atoms with E-state index >= 15 is 0 Å². The lowest BCUT2D eigenvalue weighted by Gasteiger charge is -2.06. The van der Waals surface area contributed by atoms with Crippen molar-refractivity contribution < 1.29 is 9.53 Å². The van der Waals surface area contributed by atoms with Crippen LogP contribution in [0.5, 0.6) is 5.75 Å². The van der Waals surface area contributed by atoms with Crippen molar-refractivity contribution in [3.05, 3.63) is 45.4 Å². The van der Waals surface area contributed by atoms with Gasteiger partial charge in [-0.15, -0.1) is 11.3 Å². The Morgan fingerprint density at radius 1 is 1.48 bits per heavy atom. The summed E-state index contributed by atoms with van der Waals surface area (Å²) in [7, 11) is 0. The maximum absolute atomic E-state index is 11.8. The molecule has 2 aromatic rings. The van der Waals surface area contributed by atoms with Gasteiger partial charge in [0, 0.05) is 5.92 Å². The molecule has 0 spiro atoms. The van der Waals surface area contributed by atoms with Crippen molar-refractivity contribution in [1.29, 1.82) is 0 Å². The maximum atomic E-state index is 11.8. The number of ether oxygens (including phenoxy) is 1. The van der Waals surface area contributed by atoms with Crippen LogP contribution < -0.4 is 16.0 Å². The topological polar surface area (TPSA) is 77.2 Å². The standard InChI is InChI=1S/C15H17N3O2S/c1-9-4-2-3-5-11(9)20-8-12-17-13(10-6-7-10)14(21-12)15(19)18-16/h2-5,10H,6-8,16H2,1H3,(H,18,19). The number of nitrogen functional groups attached to an aromatic ring is 1. The summed E-state index contributed by atoms with van der Waals surface area (Å²) in [5.41, 5.74) is 4.14. The number of rotatable bonds is 5. The molecule has 1 amide bonds. The highest BCUT2D eigenvalue weighted by atomic mass is 32.1. The Morgan fingerprint density at radius 2 is 2.24 bits per heavy atom. The lowest BCUT2D eigenvalue weighted by molar-refractivity contribution is 0.0956. The van der Waals surface area contributed by atoms with Crippen molar-refractivity contribution in [2.75, 3.05) is 0 Å². The van der Waals surface area contributed by atoms with E-state index < -0.39 is 0 Å². The molecule has 0 saturated heterocycles.